The van der Waals surface area contributed by atoms with E-state index >= 15 is 0 Å². The van der Waals surface area contributed by atoms with Gasteiger partial charge in [0.25, 0.3) is 5.91 Å². The monoisotopic (exact) mass is 360 g/mol. The number of rotatable bonds is 2. The zero-order valence-electron chi connectivity index (χ0n) is 12.2. The quantitative estimate of drug-likeness (QED) is 0.634. The molecule has 2 aromatic carbocycles. The fraction of sp³-hybridized carbons (Fsp3) is 0.133. The molecule has 0 aliphatic carbocycles. The van der Waals surface area contributed by atoms with E-state index in [-0.39, 0.29) is 16.9 Å². The second-order valence-corrected chi connectivity index (χ2v) is 5.08. The van der Waals surface area contributed by atoms with Gasteiger partial charge < -0.3 is 20.5 Å². The number of nitrogen functional groups attached to an aromatic ring is 1. The number of hydrogen-bond donors (Lipinski definition) is 2. The predicted molar refractivity (Wildman–Crippen MR) is 76.4 cm³/mol. The molecule has 25 heavy (non-hydrogen) atoms. The van der Waals surface area contributed by atoms with Crippen molar-refractivity contribution in [3.05, 3.63) is 47.8 Å². The summed E-state index contributed by atoms with van der Waals surface area (Å²) in [5.74, 6) is -2.85. The van der Waals surface area contributed by atoms with Crippen LogP contribution in [0.4, 0.5) is 33.3 Å². The minimum atomic E-state index is -4.88. The molecule has 3 rings (SSSR count). The van der Waals surface area contributed by atoms with Crippen LogP contribution in [0.15, 0.2) is 36.4 Å². The highest BCUT2D eigenvalue weighted by Gasteiger charge is 2.65. The van der Waals surface area contributed by atoms with Gasteiger partial charge in [-0.3, -0.25) is 4.79 Å². The number of alkyl halides is 4. The molecule has 0 atom stereocenters. The molecule has 0 aromatic heterocycles. The van der Waals surface area contributed by atoms with Crippen molar-refractivity contribution >= 4 is 17.3 Å². The lowest BCUT2D eigenvalue weighted by Gasteiger charge is -2.31. The molecule has 10 heteroatoms. The van der Waals surface area contributed by atoms with Gasteiger partial charge in [-0.05, 0) is 30.3 Å². The van der Waals surface area contributed by atoms with Gasteiger partial charge in [0.1, 0.15) is 5.82 Å². The van der Waals surface area contributed by atoms with E-state index in [9.17, 15) is 26.7 Å². The molecule has 0 radical (unpaired) electrons. The summed E-state index contributed by atoms with van der Waals surface area (Å²) in [5, 5.41) is 2.27. The van der Waals surface area contributed by atoms with Gasteiger partial charge >= 0.3 is 12.2 Å². The molecule has 0 saturated heterocycles. The first kappa shape index (κ1) is 16.8. The summed E-state index contributed by atoms with van der Waals surface area (Å²) in [4.78, 5) is 12.1. The number of nitrogens with one attached hydrogen (secondary N) is 1. The van der Waals surface area contributed by atoms with Gasteiger partial charge in [0.05, 0.1) is 5.56 Å². The van der Waals surface area contributed by atoms with Gasteiger partial charge in [0, 0.05) is 17.4 Å². The van der Waals surface area contributed by atoms with Gasteiger partial charge in [-0.25, -0.2) is 4.39 Å². The summed E-state index contributed by atoms with van der Waals surface area (Å²) in [7, 11) is 0. The Balaban J connectivity index is 1.86. The highest BCUT2D eigenvalue weighted by Crippen LogP contribution is 2.47. The van der Waals surface area contributed by atoms with Gasteiger partial charge in [-0.2, -0.15) is 17.6 Å². The third-order valence-electron chi connectivity index (χ3n) is 3.28. The summed E-state index contributed by atoms with van der Waals surface area (Å²) < 4.78 is 73.6. The average Bonchev–Trinajstić information content (AvgIpc) is 2.50. The van der Waals surface area contributed by atoms with E-state index in [2.05, 4.69) is 14.8 Å². The van der Waals surface area contributed by atoms with Crippen molar-refractivity contribution in [1.82, 2.24) is 0 Å². The Labute approximate surface area is 137 Å². The fourth-order valence-electron chi connectivity index (χ4n) is 2.07. The number of carbonyl (C=O) groups is 1. The van der Waals surface area contributed by atoms with Gasteiger partial charge in [0.15, 0.2) is 11.5 Å². The van der Waals surface area contributed by atoms with Crippen LogP contribution in [0.25, 0.3) is 0 Å². The van der Waals surface area contributed by atoms with E-state index in [0.29, 0.717) is 0 Å². The first-order valence-electron chi connectivity index (χ1n) is 6.73. The molecular weight excluding hydrogens is 351 g/mol. The Bertz CT molecular complexity index is 857. The maximum Gasteiger partial charge on any atom is 0.507 e. The van der Waals surface area contributed by atoms with Crippen molar-refractivity contribution < 1.29 is 36.2 Å². The van der Waals surface area contributed by atoms with E-state index in [0.717, 1.165) is 30.3 Å². The van der Waals surface area contributed by atoms with Crippen LogP contribution in [-0.4, -0.2) is 18.1 Å². The summed E-state index contributed by atoms with van der Waals surface area (Å²) >= 11 is 0. The first-order valence-corrected chi connectivity index (χ1v) is 6.73. The molecule has 1 aliphatic rings. The third kappa shape index (κ3) is 3.02. The van der Waals surface area contributed by atoms with Crippen LogP contribution >= 0.6 is 0 Å². The van der Waals surface area contributed by atoms with Crippen LogP contribution in [0.1, 0.15) is 10.4 Å². The molecular formula is C15H9F5N2O3. The average molecular weight is 360 g/mol. The van der Waals surface area contributed by atoms with Gasteiger partial charge in [0.2, 0.25) is 0 Å². The number of amides is 1. The van der Waals surface area contributed by atoms with Crippen molar-refractivity contribution in [2.24, 2.45) is 0 Å². The lowest BCUT2D eigenvalue weighted by atomic mass is 10.1. The Hall–Kier alpha value is -3.04. The molecule has 2 aromatic rings. The second kappa shape index (κ2) is 5.50. The molecule has 0 unspecified atom stereocenters. The van der Waals surface area contributed by atoms with Crippen molar-refractivity contribution in [2.45, 2.75) is 12.2 Å². The van der Waals surface area contributed by atoms with E-state index in [1.807, 2.05) is 0 Å². The molecule has 5 nitrogen and oxygen atoms in total. The molecule has 1 amide bonds. The van der Waals surface area contributed by atoms with Gasteiger partial charge in [-0.15, -0.1) is 0 Å². The number of anilines is 2. The Kier molecular flexibility index (Phi) is 3.70. The van der Waals surface area contributed by atoms with E-state index < -0.39 is 35.4 Å². The van der Waals surface area contributed by atoms with Crippen molar-refractivity contribution in [2.75, 3.05) is 11.1 Å². The summed E-state index contributed by atoms with van der Waals surface area (Å²) in [6, 6.07) is 6.02. The minimum absolute atomic E-state index is 0.0115. The topological polar surface area (TPSA) is 73.6 Å². The van der Waals surface area contributed by atoms with Crippen LogP contribution < -0.4 is 20.5 Å². The zero-order valence-corrected chi connectivity index (χ0v) is 12.2. The predicted octanol–water partition coefficient (Wildman–Crippen LogP) is 3.62. The maximum absolute atomic E-state index is 13.2. The normalized spacial score (nSPS) is 17.0. The number of fused-ring (bicyclic) bond motifs is 1. The largest absolute Gasteiger partial charge is 0.507 e. The molecule has 0 saturated carbocycles. The number of carbonyl (C=O) groups excluding carboxylic acids is 1. The molecule has 0 bridgehead atoms. The van der Waals surface area contributed by atoms with Crippen LogP contribution in [0.2, 0.25) is 0 Å². The van der Waals surface area contributed by atoms with Gasteiger partial charge in [-0.1, -0.05) is 0 Å². The Morgan fingerprint density at radius 1 is 0.960 bits per heavy atom. The van der Waals surface area contributed by atoms with Crippen LogP contribution in [0.3, 0.4) is 0 Å². The standard InChI is InChI=1S/C15H9F5N2O3/c16-7-1-3-10(21)9(5-7)13(23)22-8-2-4-11-12(6-8)25-15(19,20)14(17,18)24-11/h1-6H,21H2,(H,22,23). The van der Waals surface area contributed by atoms with Crippen molar-refractivity contribution in [3.63, 3.8) is 0 Å². The molecule has 0 spiro atoms. The highest BCUT2D eigenvalue weighted by atomic mass is 19.3. The zero-order chi connectivity index (χ0) is 18.4. The molecule has 132 valence electrons. The van der Waals surface area contributed by atoms with Crippen molar-refractivity contribution in [1.29, 1.82) is 0 Å². The highest BCUT2D eigenvalue weighted by molar-refractivity contribution is 6.07. The van der Waals surface area contributed by atoms with E-state index in [1.165, 1.54) is 6.07 Å². The SMILES string of the molecule is Nc1ccc(F)cc1C(=O)Nc1ccc2c(c1)OC(F)(F)C(F)(F)O2. The number of halogens is 5. The number of benzene rings is 2. The first-order chi connectivity index (χ1) is 11.6. The third-order valence-corrected chi connectivity index (χ3v) is 3.28. The summed E-state index contributed by atoms with van der Waals surface area (Å²) in [6.07, 6.45) is -9.71. The molecule has 1 heterocycles. The van der Waals surface area contributed by atoms with Crippen LogP contribution in [0.5, 0.6) is 11.5 Å². The number of ether oxygens (including phenoxy) is 2. The van der Waals surface area contributed by atoms with Crippen molar-refractivity contribution in [3.8, 4) is 11.5 Å². The number of nitrogens with two attached hydrogens (primary N) is 1. The Morgan fingerprint density at radius 3 is 2.28 bits per heavy atom. The minimum Gasteiger partial charge on any atom is -0.421 e. The smallest absolute Gasteiger partial charge is 0.421 e. The lowest BCUT2D eigenvalue weighted by molar-refractivity contribution is -0.391. The lowest BCUT2D eigenvalue weighted by Crippen LogP contribution is -2.52. The summed E-state index contributed by atoms with van der Waals surface area (Å²) in [6.45, 7) is 0. The molecule has 3 N–H and O–H groups in total. The van der Waals surface area contributed by atoms with Crippen LogP contribution in [-0.2, 0) is 0 Å². The molecule has 0 fully saturated rings. The van der Waals surface area contributed by atoms with E-state index in [4.69, 9.17) is 5.73 Å². The maximum atomic E-state index is 13.2. The van der Waals surface area contributed by atoms with E-state index in [1.54, 1.807) is 0 Å². The summed E-state index contributed by atoms with van der Waals surface area (Å²) in [5.41, 5.74) is 5.29. The second-order valence-electron chi connectivity index (χ2n) is 5.08. The van der Waals surface area contributed by atoms with Crippen LogP contribution in [0, 0.1) is 5.82 Å². The number of hydrogen-bond acceptors (Lipinski definition) is 4. The molecule has 1 aliphatic heterocycles. The Morgan fingerprint density at radius 2 is 1.60 bits per heavy atom. The fourth-order valence-corrected chi connectivity index (χ4v) is 2.07.